The normalized spacial score (nSPS) is 12.7. The second-order valence-electron chi connectivity index (χ2n) is 5.26. The second-order valence-corrected chi connectivity index (χ2v) is 5.26. The molecular weight excluding hydrogens is 234 g/mol. The van der Waals surface area contributed by atoms with Gasteiger partial charge in [-0.1, -0.05) is 26.0 Å². The van der Waals surface area contributed by atoms with Crippen LogP contribution in [0, 0.1) is 6.92 Å². The van der Waals surface area contributed by atoms with Gasteiger partial charge in [-0.15, -0.1) is 0 Å². The molecule has 0 radical (unpaired) electrons. The zero-order valence-corrected chi connectivity index (χ0v) is 13.0. The van der Waals surface area contributed by atoms with E-state index in [0.717, 1.165) is 25.3 Å². The molecule has 0 spiro atoms. The number of nitrogens with zero attached hydrogens (tertiary/aromatic N) is 1. The Morgan fingerprint density at radius 3 is 2.63 bits per heavy atom. The van der Waals surface area contributed by atoms with Crippen LogP contribution >= 0.6 is 0 Å². The van der Waals surface area contributed by atoms with Crippen LogP contribution in [0.2, 0.25) is 0 Å². The van der Waals surface area contributed by atoms with Crippen LogP contribution in [0.25, 0.3) is 0 Å². The average molecular weight is 263 g/mol. The molecule has 1 rings (SSSR count). The number of rotatable bonds is 9. The van der Waals surface area contributed by atoms with Gasteiger partial charge >= 0.3 is 0 Å². The fourth-order valence-corrected chi connectivity index (χ4v) is 2.26. The first kappa shape index (κ1) is 16.0. The van der Waals surface area contributed by atoms with E-state index in [1.165, 1.54) is 24.9 Å². The van der Waals surface area contributed by atoms with Gasteiger partial charge in [0.2, 0.25) is 0 Å². The summed E-state index contributed by atoms with van der Waals surface area (Å²) in [6, 6.07) is 8.97. The maximum atomic E-state index is 5.77. The monoisotopic (exact) mass is 263 g/mol. The predicted molar refractivity (Wildman–Crippen MR) is 82.9 cm³/mol. The Morgan fingerprint density at radius 2 is 2.00 bits per heavy atom. The summed E-state index contributed by atoms with van der Waals surface area (Å²) in [5, 5.41) is 0. The molecule has 0 amide bonds. The van der Waals surface area contributed by atoms with Crippen LogP contribution in [0.5, 0.6) is 5.75 Å². The predicted octanol–water partition coefficient (Wildman–Crippen LogP) is 4.27. The summed E-state index contributed by atoms with van der Waals surface area (Å²) in [6.45, 7) is 12.1. The molecule has 19 heavy (non-hydrogen) atoms. The molecule has 108 valence electrons. The van der Waals surface area contributed by atoms with Crippen LogP contribution < -0.4 is 4.74 Å². The molecule has 0 aromatic heterocycles. The van der Waals surface area contributed by atoms with Crippen LogP contribution in [0.1, 0.15) is 45.6 Å². The smallest absolute Gasteiger partial charge is 0.119 e. The summed E-state index contributed by atoms with van der Waals surface area (Å²) in [5.74, 6) is 0.995. The summed E-state index contributed by atoms with van der Waals surface area (Å²) < 4.78 is 5.77. The molecule has 2 nitrogen and oxygen atoms in total. The standard InChI is InChI=1S/C17H29NO/c1-5-16(4)18(6-2)12-7-8-13-19-17-11-9-10-15(3)14-17/h9-11,14,16H,5-8,12-13H2,1-4H3. The van der Waals surface area contributed by atoms with Gasteiger partial charge < -0.3 is 9.64 Å². The van der Waals surface area contributed by atoms with Gasteiger partial charge in [0.15, 0.2) is 0 Å². The van der Waals surface area contributed by atoms with E-state index in [0.29, 0.717) is 6.04 Å². The van der Waals surface area contributed by atoms with Gasteiger partial charge in [0, 0.05) is 6.04 Å². The molecule has 0 aliphatic heterocycles. The minimum atomic E-state index is 0.697. The lowest BCUT2D eigenvalue weighted by Gasteiger charge is -2.26. The van der Waals surface area contributed by atoms with E-state index in [4.69, 9.17) is 4.74 Å². The maximum Gasteiger partial charge on any atom is 0.119 e. The minimum Gasteiger partial charge on any atom is -0.494 e. The largest absolute Gasteiger partial charge is 0.494 e. The molecule has 0 bridgehead atoms. The molecule has 0 aliphatic carbocycles. The van der Waals surface area contributed by atoms with E-state index in [2.05, 4.69) is 44.7 Å². The van der Waals surface area contributed by atoms with Crippen molar-refractivity contribution in [2.24, 2.45) is 0 Å². The molecule has 1 atom stereocenters. The van der Waals surface area contributed by atoms with Crippen molar-refractivity contribution >= 4 is 0 Å². The third-order valence-corrected chi connectivity index (χ3v) is 3.72. The van der Waals surface area contributed by atoms with Gasteiger partial charge in [0.1, 0.15) is 5.75 Å². The van der Waals surface area contributed by atoms with Crippen molar-refractivity contribution < 1.29 is 4.74 Å². The van der Waals surface area contributed by atoms with Crippen LogP contribution in [-0.2, 0) is 0 Å². The maximum absolute atomic E-state index is 5.77. The Morgan fingerprint density at radius 1 is 1.21 bits per heavy atom. The fraction of sp³-hybridized carbons (Fsp3) is 0.647. The first-order chi connectivity index (χ1) is 9.17. The van der Waals surface area contributed by atoms with E-state index in [-0.39, 0.29) is 0 Å². The van der Waals surface area contributed by atoms with Crippen molar-refractivity contribution in [3.8, 4) is 5.75 Å². The number of hydrogen-bond acceptors (Lipinski definition) is 2. The number of hydrogen-bond donors (Lipinski definition) is 0. The Bertz CT molecular complexity index is 351. The van der Waals surface area contributed by atoms with E-state index < -0.39 is 0 Å². The summed E-state index contributed by atoms with van der Waals surface area (Å²) in [5.41, 5.74) is 1.26. The lowest BCUT2D eigenvalue weighted by atomic mass is 10.2. The van der Waals surface area contributed by atoms with Crippen molar-refractivity contribution in [3.05, 3.63) is 29.8 Å². The van der Waals surface area contributed by atoms with Crippen LogP contribution in [0.15, 0.2) is 24.3 Å². The first-order valence-corrected chi connectivity index (χ1v) is 7.60. The topological polar surface area (TPSA) is 12.5 Å². The van der Waals surface area contributed by atoms with Crippen molar-refractivity contribution in [3.63, 3.8) is 0 Å². The van der Waals surface area contributed by atoms with Crippen molar-refractivity contribution in [1.29, 1.82) is 0 Å². The molecule has 0 heterocycles. The van der Waals surface area contributed by atoms with Gasteiger partial charge in [-0.25, -0.2) is 0 Å². The lowest BCUT2D eigenvalue weighted by Crippen LogP contribution is -2.33. The van der Waals surface area contributed by atoms with E-state index in [1.54, 1.807) is 0 Å². The Hall–Kier alpha value is -1.02. The Kier molecular flexibility index (Phi) is 7.57. The highest BCUT2D eigenvalue weighted by Crippen LogP contribution is 2.13. The van der Waals surface area contributed by atoms with Crippen LogP contribution in [0.4, 0.5) is 0 Å². The molecule has 0 saturated heterocycles. The third-order valence-electron chi connectivity index (χ3n) is 3.72. The van der Waals surface area contributed by atoms with Gasteiger partial charge in [-0.2, -0.15) is 0 Å². The number of ether oxygens (including phenoxy) is 1. The molecular formula is C17H29NO. The number of aryl methyl sites for hydroxylation is 1. The highest BCUT2D eigenvalue weighted by atomic mass is 16.5. The van der Waals surface area contributed by atoms with Crippen molar-refractivity contribution in [1.82, 2.24) is 4.90 Å². The quantitative estimate of drug-likeness (QED) is 0.617. The number of benzene rings is 1. The van der Waals surface area contributed by atoms with Crippen molar-refractivity contribution in [2.75, 3.05) is 19.7 Å². The molecule has 0 fully saturated rings. The van der Waals surface area contributed by atoms with E-state index >= 15 is 0 Å². The minimum absolute atomic E-state index is 0.697. The van der Waals surface area contributed by atoms with Crippen molar-refractivity contribution in [2.45, 2.75) is 53.0 Å². The summed E-state index contributed by atoms with van der Waals surface area (Å²) in [6.07, 6.45) is 3.57. The molecule has 1 aromatic carbocycles. The average Bonchev–Trinajstić information content (AvgIpc) is 2.42. The van der Waals surface area contributed by atoms with Crippen LogP contribution in [0.3, 0.4) is 0 Å². The van der Waals surface area contributed by atoms with Gasteiger partial charge in [0.05, 0.1) is 6.61 Å². The summed E-state index contributed by atoms with van der Waals surface area (Å²) in [4.78, 5) is 2.55. The highest BCUT2D eigenvalue weighted by molar-refractivity contribution is 5.27. The Balaban J connectivity index is 2.17. The van der Waals surface area contributed by atoms with Gasteiger partial charge in [0.25, 0.3) is 0 Å². The zero-order valence-electron chi connectivity index (χ0n) is 13.0. The molecule has 0 N–H and O–H groups in total. The summed E-state index contributed by atoms with van der Waals surface area (Å²) >= 11 is 0. The fourth-order valence-electron chi connectivity index (χ4n) is 2.26. The van der Waals surface area contributed by atoms with E-state index in [9.17, 15) is 0 Å². The molecule has 1 aromatic rings. The van der Waals surface area contributed by atoms with Gasteiger partial charge in [-0.05, 0) is 63.9 Å². The molecule has 0 saturated carbocycles. The molecule has 2 heteroatoms. The van der Waals surface area contributed by atoms with E-state index in [1.807, 2.05) is 12.1 Å². The van der Waals surface area contributed by atoms with Gasteiger partial charge in [-0.3, -0.25) is 0 Å². The summed E-state index contributed by atoms with van der Waals surface area (Å²) in [7, 11) is 0. The third kappa shape index (κ3) is 6.11. The molecule has 1 unspecified atom stereocenters. The zero-order chi connectivity index (χ0) is 14.1. The van der Waals surface area contributed by atoms with Crippen LogP contribution in [-0.4, -0.2) is 30.6 Å². The lowest BCUT2D eigenvalue weighted by molar-refractivity contribution is 0.203. The SMILES string of the molecule is CCC(C)N(CC)CCCCOc1cccc(C)c1. The molecule has 0 aliphatic rings. The number of unbranched alkanes of at least 4 members (excludes halogenated alkanes) is 1. The Labute approximate surface area is 118 Å². The highest BCUT2D eigenvalue weighted by Gasteiger charge is 2.08. The first-order valence-electron chi connectivity index (χ1n) is 7.60. The second kappa shape index (κ2) is 8.98.